The highest BCUT2D eigenvalue weighted by Gasteiger charge is 2.27. The zero-order chi connectivity index (χ0) is 46.2. The molecule has 0 fully saturated rings. The van der Waals surface area contributed by atoms with Gasteiger partial charge >= 0.3 is 7.82 Å². The van der Waals surface area contributed by atoms with Gasteiger partial charge in [0, 0.05) is 6.54 Å². The zero-order valence-electron chi connectivity index (χ0n) is 41.4. The first-order valence-corrected chi connectivity index (χ1v) is 28.5. The summed E-state index contributed by atoms with van der Waals surface area (Å²) in [5, 5.41) is 24.2. The maximum Gasteiger partial charge on any atom is 0.472 e. The molecule has 0 heterocycles. The highest BCUT2D eigenvalue weighted by molar-refractivity contribution is 7.47. The summed E-state index contributed by atoms with van der Waals surface area (Å²) >= 11 is 0. The van der Waals surface area contributed by atoms with E-state index in [2.05, 4.69) is 31.3 Å². The Hall–Kier alpha value is -1.06. The molecular weight excluding hydrogens is 808 g/mol. The van der Waals surface area contributed by atoms with E-state index >= 15 is 0 Å². The number of nitrogens with two attached hydrogens (primary N) is 1. The number of phosphoric ester groups is 1. The molecule has 0 aliphatic heterocycles. The van der Waals surface area contributed by atoms with Gasteiger partial charge in [0.25, 0.3) is 0 Å². The first kappa shape index (κ1) is 61.9. The number of carbonyl (C=O) groups is 1. The molecule has 0 rings (SSSR count). The van der Waals surface area contributed by atoms with E-state index < -0.39 is 38.6 Å². The fourth-order valence-corrected chi connectivity index (χ4v) is 8.99. The molecule has 4 atom stereocenters. The van der Waals surface area contributed by atoms with E-state index in [4.69, 9.17) is 14.8 Å². The molecule has 0 aliphatic carbocycles. The number of allylic oxidation sites excluding steroid dienone is 3. The Bertz CT molecular complexity index is 1060. The number of carbonyl (C=O) groups excluding carboxylic acids is 1. The molecule has 0 aromatic carbocycles. The third-order valence-corrected chi connectivity index (χ3v) is 13.3. The molecule has 9 nitrogen and oxygen atoms in total. The molecule has 0 spiro atoms. The third kappa shape index (κ3) is 47.2. The lowest BCUT2D eigenvalue weighted by Crippen LogP contribution is -2.46. The van der Waals surface area contributed by atoms with Gasteiger partial charge < -0.3 is 26.2 Å². The Morgan fingerprint density at radius 2 is 0.889 bits per heavy atom. The number of hydrogen-bond donors (Lipinski definition) is 5. The molecule has 63 heavy (non-hydrogen) atoms. The quantitative estimate of drug-likeness (QED) is 0.0230. The molecule has 1 amide bonds. The lowest BCUT2D eigenvalue weighted by atomic mass is 10.0. The van der Waals surface area contributed by atoms with Crippen molar-refractivity contribution in [3.63, 3.8) is 0 Å². The van der Waals surface area contributed by atoms with Crippen LogP contribution in [0.25, 0.3) is 0 Å². The number of aliphatic hydroxyl groups is 2. The maximum absolute atomic E-state index is 12.9. The summed E-state index contributed by atoms with van der Waals surface area (Å²) in [5.74, 6) is -0.446. The minimum atomic E-state index is -4.41. The molecular formula is C53H105N2O7P. The molecule has 0 aromatic rings. The standard InChI is InChI=1S/C53H105N2O7P/c1-3-5-7-9-11-13-15-17-19-21-23-25-26-28-30-32-34-36-38-40-42-44-50(56)48-53(58)55-51(49-62-63(59,60)61-47-46-54)52(57)45-43-41-39-37-35-33-31-29-27-24-22-20-18-16-14-12-10-8-6-4-2/h28,30,43,45,50-52,56-57H,3-27,29,31-42,44,46-49,54H2,1-2H3,(H,55,58)(H,59,60)/b30-28-,45-43+. The van der Waals surface area contributed by atoms with E-state index in [1.165, 1.54) is 193 Å². The van der Waals surface area contributed by atoms with Crippen LogP contribution >= 0.6 is 7.82 Å². The first-order valence-electron chi connectivity index (χ1n) is 27.0. The van der Waals surface area contributed by atoms with Crippen molar-refractivity contribution < 1.29 is 33.5 Å². The highest BCUT2D eigenvalue weighted by atomic mass is 31.2. The Morgan fingerprint density at radius 1 is 0.540 bits per heavy atom. The highest BCUT2D eigenvalue weighted by Crippen LogP contribution is 2.43. The van der Waals surface area contributed by atoms with E-state index in [0.29, 0.717) is 6.42 Å². The van der Waals surface area contributed by atoms with Crippen molar-refractivity contribution in [1.82, 2.24) is 5.32 Å². The van der Waals surface area contributed by atoms with Gasteiger partial charge in [0.1, 0.15) is 0 Å². The maximum atomic E-state index is 12.9. The third-order valence-electron chi connectivity index (χ3n) is 12.3. The average Bonchev–Trinajstić information content (AvgIpc) is 3.26. The van der Waals surface area contributed by atoms with Crippen LogP contribution in [0.2, 0.25) is 0 Å². The second-order valence-corrected chi connectivity index (χ2v) is 20.1. The summed E-state index contributed by atoms with van der Waals surface area (Å²) in [6, 6.07) is -0.984. The van der Waals surface area contributed by atoms with Crippen molar-refractivity contribution in [3.05, 3.63) is 24.3 Å². The minimum Gasteiger partial charge on any atom is -0.393 e. The molecule has 0 aromatic heterocycles. The van der Waals surface area contributed by atoms with E-state index in [9.17, 15) is 24.5 Å². The van der Waals surface area contributed by atoms with E-state index in [1.54, 1.807) is 6.08 Å². The van der Waals surface area contributed by atoms with Crippen molar-refractivity contribution >= 4 is 13.7 Å². The van der Waals surface area contributed by atoms with Crippen LogP contribution in [-0.2, 0) is 18.4 Å². The van der Waals surface area contributed by atoms with Crippen molar-refractivity contribution in [2.75, 3.05) is 19.8 Å². The van der Waals surface area contributed by atoms with Gasteiger partial charge in [-0.05, 0) is 44.9 Å². The van der Waals surface area contributed by atoms with Crippen LogP contribution in [0.4, 0.5) is 0 Å². The van der Waals surface area contributed by atoms with Crippen molar-refractivity contribution in [1.29, 1.82) is 0 Å². The number of unbranched alkanes of at least 4 members (excludes halogenated alkanes) is 35. The summed E-state index contributed by atoms with van der Waals surface area (Å²) in [4.78, 5) is 22.9. The van der Waals surface area contributed by atoms with Gasteiger partial charge in [0.2, 0.25) is 5.91 Å². The van der Waals surface area contributed by atoms with Gasteiger partial charge in [0.15, 0.2) is 0 Å². The van der Waals surface area contributed by atoms with Crippen LogP contribution in [0, 0.1) is 0 Å². The summed E-state index contributed by atoms with van der Waals surface area (Å²) in [5.41, 5.74) is 5.39. The summed E-state index contributed by atoms with van der Waals surface area (Å²) in [6.07, 6.45) is 55.6. The Balaban J connectivity index is 4.16. The van der Waals surface area contributed by atoms with Crippen molar-refractivity contribution in [2.24, 2.45) is 5.73 Å². The molecule has 4 unspecified atom stereocenters. The fourth-order valence-electron chi connectivity index (χ4n) is 8.23. The Kier molecular flexibility index (Phi) is 48.0. The van der Waals surface area contributed by atoms with E-state index in [0.717, 1.165) is 51.4 Å². The number of rotatable bonds is 51. The van der Waals surface area contributed by atoms with Crippen LogP contribution in [0.5, 0.6) is 0 Å². The molecule has 0 bridgehead atoms. The van der Waals surface area contributed by atoms with Gasteiger partial charge in [-0.15, -0.1) is 0 Å². The molecule has 0 aliphatic rings. The lowest BCUT2D eigenvalue weighted by Gasteiger charge is -2.24. The van der Waals surface area contributed by atoms with Gasteiger partial charge in [-0.3, -0.25) is 13.8 Å². The SMILES string of the molecule is CCCCCCCCCCCCCC/C=C\CCCCCCCC(O)CC(=O)NC(COP(=O)(O)OCCN)C(O)/C=C/CCCCCCCCCCCCCCCCCCCC. The van der Waals surface area contributed by atoms with Crippen LogP contribution < -0.4 is 11.1 Å². The predicted octanol–water partition coefficient (Wildman–Crippen LogP) is 15.0. The largest absolute Gasteiger partial charge is 0.472 e. The number of hydrogen-bond acceptors (Lipinski definition) is 7. The number of aliphatic hydroxyl groups excluding tert-OH is 2. The molecule has 10 heteroatoms. The van der Waals surface area contributed by atoms with Crippen LogP contribution in [0.3, 0.4) is 0 Å². The minimum absolute atomic E-state index is 0.0493. The number of amides is 1. The first-order chi connectivity index (χ1) is 30.8. The Morgan fingerprint density at radius 3 is 1.27 bits per heavy atom. The molecule has 0 saturated heterocycles. The van der Waals surface area contributed by atoms with Crippen LogP contribution in [-0.4, -0.2) is 59.0 Å². The molecule has 0 radical (unpaired) electrons. The van der Waals surface area contributed by atoms with Crippen LogP contribution in [0.1, 0.15) is 271 Å². The molecule has 374 valence electrons. The summed E-state index contributed by atoms with van der Waals surface area (Å²) in [6.45, 7) is 4.01. The second kappa shape index (κ2) is 48.9. The van der Waals surface area contributed by atoms with Crippen molar-refractivity contribution in [3.8, 4) is 0 Å². The van der Waals surface area contributed by atoms with E-state index in [-0.39, 0.29) is 19.6 Å². The number of nitrogens with one attached hydrogen (secondary N) is 1. The topological polar surface area (TPSA) is 151 Å². The lowest BCUT2D eigenvalue weighted by molar-refractivity contribution is -0.124. The monoisotopic (exact) mass is 913 g/mol. The van der Waals surface area contributed by atoms with Crippen molar-refractivity contribution in [2.45, 2.75) is 289 Å². The predicted molar refractivity (Wildman–Crippen MR) is 269 cm³/mol. The zero-order valence-corrected chi connectivity index (χ0v) is 42.3. The average molecular weight is 913 g/mol. The van der Waals surface area contributed by atoms with Crippen LogP contribution in [0.15, 0.2) is 24.3 Å². The van der Waals surface area contributed by atoms with Gasteiger partial charge in [-0.1, -0.05) is 244 Å². The van der Waals surface area contributed by atoms with E-state index in [1.807, 2.05) is 6.08 Å². The second-order valence-electron chi connectivity index (χ2n) is 18.6. The Labute approximate surface area is 390 Å². The molecule has 0 saturated carbocycles. The fraction of sp³-hybridized carbons (Fsp3) is 0.906. The van der Waals surface area contributed by atoms with Gasteiger partial charge in [0.05, 0.1) is 37.9 Å². The normalized spacial score (nSPS) is 14.4. The summed E-state index contributed by atoms with van der Waals surface area (Å²) < 4.78 is 22.2. The smallest absolute Gasteiger partial charge is 0.393 e. The number of phosphoric acid groups is 1. The van der Waals surface area contributed by atoms with Gasteiger partial charge in [-0.2, -0.15) is 0 Å². The van der Waals surface area contributed by atoms with Gasteiger partial charge in [-0.25, -0.2) is 4.57 Å². The summed E-state index contributed by atoms with van der Waals surface area (Å²) in [7, 11) is -4.41. The molecule has 6 N–H and O–H groups in total.